The Balaban J connectivity index is 0.00000225. The van der Waals surface area contributed by atoms with Crippen molar-refractivity contribution >= 4 is 27.1 Å². The Morgan fingerprint density at radius 3 is 1.71 bits per heavy atom. The lowest BCUT2D eigenvalue weighted by molar-refractivity contribution is -0.516. The lowest BCUT2D eigenvalue weighted by Gasteiger charge is -2.11. The van der Waals surface area contributed by atoms with E-state index in [-0.39, 0.29) is 12.4 Å². The third kappa shape index (κ3) is 2.92. The first-order valence-corrected chi connectivity index (χ1v) is 8.66. The average molecular weight is 400 g/mol. The smallest absolute Gasteiger partial charge is 0.219 e. The molecule has 0 saturated heterocycles. The fourth-order valence-corrected chi connectivity index (χ4v) is 3.66. The summed E-state index contributed by atoms with van der Waals surface area (Å²) in [5.74, 6) is 2.87. The third-order valence-corrected chi connectivity index (χ3v) is 5.09. The minimum Gasteiger partial charge on any atom is -1.00 e. The zero-order valence-corrected chi connectivity index (χ0v) is 17.3. The fraction of sp³-hybridized carbons (Fsp3) is 0.227. The molecule has 0 unspecified atom stereocenters. The third-order valence-electron chi connectivity index (χ3n) is 5.09. The van der Waals surface area contributed by atoms with Gasteiger partial charge in [0.05, 0.1) is 39.2 Å². The first-order chi connectivity index (χ1) is 13.1. The monoisotopic (exact) mass is 399 g/mol. The quantitative estimate of drug-likeness (QED) is 0.292. The summed E-state index contributed by atoms with van der Waals surface area (Å²) in [4.78, 5) is 0. The van der Waals surface area contributed by atoms with Gasteiger partial charge in [-0.2, -0.15) is 4.40 Å². The molecule has 0 bridgehead atoms. The lowest BCUT2D eigenvalue weighted by atomic mass is 10.0. The van der Waals surface area contributed by atoms with Crippen LogP contribution in [0, 0.1) is 6.92 Å². The van der Waals surface area contributed by atoms with Crippen LogP contribution >= 0.6 is 0 Å². The van der Waals surface area contributed by atoms with Crippen LogP contribution < -0.4 is 35.8 Å². The standard InChI is InChI=1S/C22H22NO4.ClH/c1-13-16-11-21(26-4)20(25-3)10-15(16)8-18-17-12-22(27-5)19(24-2)9-14(17)6-7-23(13)18;/h6-12H,1-5H3;1H/q+1;/p-1. The van der Waals surface area contributed by atoms with Gasteiger partial charge in [-0.25, -0.2) is 0 Å². The number of rotatable bonds is 4. The van der Waals surface area contributed by atoms with Crippen LogP contribution in [0.2, 0.25) is 0 Å². The van der Waals surface area contributed by atoms with Crippen LogP contribution in [-0.4, -0.2) is 28.4 Å². The number of pyridine rings is 2. The summed E-state index contributed by atoms with van der Waals surface area (Å²) >= 11 is 0. The highest BCUT2D eigenvalue weighted by molar-refractivity contribution is 6.00. The molecule has 0 saturated carbocycles. The van der Waals surface area contributed by atoms with Crippen molar-refractivity contribution in [2.24, 2.45) is 0 Å². The molecule has 2 heterocycles. The van der Waals surface area contributed by atoms with Crippen LogP contribution in [0.5, 0.6) is 23.0 Å². The number of hydrogen-bond acceptors (Lipinski definition) is 4. The van der Waals surface area contributed by atoms with Gasteiger partial charge in [0, 0.05) is 19.1 Å². The Morgan fingerprint density at radius 1 is 0.643 bits per heavy atom. The second-order valence-electron chi connectivity index (χ2n) is 6.39. The highest BCUT2D eigenvalue weighted by Crippen LogP contribution is 2.36. The van der Waals surface area contributed by atoms with E-state index in [0.29, 0.717) is 11.5 Å². The van der Waals surface area contributed by atoms with Crippen molar-refractivity contribution in [3.63, 3.8) is 0 Å². The number of aryl methyl sites for hydroxylation is 1. The number of fused-ring (bicyclic) bond motifs is 4. The van der Waals surface area contributed by atoms with Crippen molar-refractivity contribution in [3.8, 4) is 23.0 Å². The lowest BCUT2D eigenvalue weighted by Crippen LogP contribution is -3.00. The van der Waals surface area contributed by atoms with Crippen LogP contribution in [0.1, 0.15) is 5.69 Å². The van der Waals surface area contributed by atoms with E-state index in [1.54, 1.807) is 28.4 Å². The molecule has 4 aromatic rings. The maximum absolute atomic E-state index is 5.51. The van der Waals surface area contributed by atoms with Gasteiger partial charge in [0.15, 0.2) is 34.9 Å². The van der Waals surface area contributed by atoms with Gasteiger partial charge < -0.3 is 31.4 Å². The summed E-state index contributed by atoms with van der Waals surface area (Å²) in [6, 6.07) is 12.3. The highest BCUT2D eigenvalue weighted by Gasteiger charge is 2.19. The van der Waals surface area contributed by atoms with Crippen LogP contribution in [0.15, 0.2) is 42.6 Å². The Kier molecular flexibility index (Phi) is 5.38. The topological polar surface area (TPSA) is 41.0 Å². The summed E-state index contributed by atoms with van der Waals surface area (Å²) in [6.07, 6.45) is 2.08. The predicted octanol–water partition coefficient (Wildman–Crippen LogP) is 1.08. The van der Waals surface area contributed by atoms with Gasteiger partial charge in [-0.15, -0.1) is 0 Å². The minimum absolute atomic E-state index is 0. The second-order valence-corrected chi connectivity index (χ2v) is 6.39. The van der Waals surface area contributed by atoms with Crippen molar-refractivity contribution in [2.45, 2.75) is 6.92 Å². The molecule has 2 aromatic carbocycles. The van der Waals surface area contributed by atoms with Gasteiger partial charge in [0.2, 0.25) is 5.52 Å². The van der Waals surface area contributed by atoms with Crippen molar-refractivity contribution in [2.75, 3.05) is 28.4 Å². The summed E-state index contributed by atoms with van der Waals surface area (Å²) in [5.41, 5.74) is 2.21. The normalized spacial score (nSPS) is 10.8. The molecule has 0 N–H and O–H groups in total. The molecule has 4 rings (SSSR count). The van der Waals surface area contributed by atoms with Crippen molar-refractivity contribution in [1.82, 2.24) is 0 Å². The molecule has 6 heteroatoms. The van der Waals surface area contributed by atoms with Crippen molar-refractivity contribution < 1.29 is 35.8 Å². The Hall–Kier alpha value is -2.92. The van der Waals surface area contributed by atoms with E-state index >= 15 is 0 Å². The zero-order valence-electron chi connectivity index (χ0n) is 16.5. The molecular weight excluding hydrogens is 378 g/mol. The van der Waals surface area contributed by atoms with E-state index in [2.05, 4.69) is 29.7 Å². The van der Waals surface area contributed by atoms with Crippen molar-refractivity contribution in [3.05, 3.63) is 48.3 Å². The zero-order chi connectivity index (χ0) is 19.1. The first kappa shape index (κ1) is 19.8. The van der Waals surface area contributed by atoms with E-state index < -0.39 is 0 Å². The number of methoxy groups -OCH3 is 4. The molecule has 0 aliphatic heterocycles. The van der Waals surface area contributed by atoms with E-state index in [4.69, 9.17) is 18.9 Å². The maximum Gasteiger partial charge on any atom is 0.219 e. The van der Waals surface area contributed by atoms with Gasteiger partial charge >= 0.3 is 0 Å². The number of nitrogens with zero attached hydrogens (tertiary/aromatic N) is 1. The van der Waals surface area contributed by atoms with E-state index in [1.165, 1.54) is 0 Å². The first-order valence-electron chi connectivity index (χ1n) is 8.66. The van der Waals surface area contributed by atoms with Gasteiger partial charge in [-0.3, -0.25) is 0 Å². The Bertz CT molecular complexity index is 1190. The molecule has 5 nitrogen and oxygen atoms in total. The highest BCUT2D eigenvalue weighted by atomic mass is 35.5. The molecule has 0 aliphatic carbocycles. The van der Waals surface area contributed by atoms with Gasteiger partial charge in [-0.1, -0.05) is 0 Å². The molecule has 0 aliphatic rings. The average Bonchev–Trinajstić information content (AvgIpc) is 2.71. The molecule has 0 amide bonds. The summed E-state index contributed by atoms with van der Waals surface area (Å²) < 4.78 is 24.1. The second kappa shape index (κ2) is 7.60. The summed E-state index contributed by atoms with van der Waals surface area (Å²) in [5, 5.41) is 4.39. The molecule has 0 spiro atoms. The molecule has 0 atom stereocenters. The fourth-order valence-electron chi connectivity index (χ4n) is 3.66. The SMILES string of the molecule is COc1cc2cc3c4cc(OC)c(OC)cc4cc[n+]3c(C)c2cc1OC.[Cl-]. The van der Waals surface area contributed by atoms with E-state index in [0.717, 1.165) is 44.3 Å². The minimum atomic E-state index is 0. The van der Waals surface area contributed by atoms with Crippen molar-refractivity contribution in [1.29, 1.82) is 0 Å². The molecule has 0 radical (unpaired) electrons. The van der Waals surface area contributed by atoms with Gasteiger partial charge in [0.25, 0.3) is 0 Å². The maximum atomic E-state index is 5.51. The molecular formula is C22H22ClNO4. The molecule has 0 fully saturated rings. The van der Waals surface area contributed by atoms with Crippen LogP contribution in [-0.2, 0) is 0 Å². The number of hydrogen-bond donors (Lipinski definition) is 0. The van der Waals surface area contributed by atoms with Crippen LogP contribution in [0.4, 0.5) is 0 Å². The Morgan fingerprint density at radius 2 is 1.14 bits per heavy atom. The molecule has 28 heavy (non-hydrogen) atoms. The van der Waals surface area contributed by atoms with Crippen LogP contribution in [0.3, 0.4) is 0 Å². The Labute approximate surface area is 169 Å². The molecule has 2 aromatic heterocycles. The van der Waals surface area contributed by atoms with E-state index in [1.807, 2.05) is 24.3 Å². The number of benzene rings is 2. The molecule has 146 valence electrons. The summed E-state index contributed by atoms with van der Waals surface area (Å²) in [7, 11) is 6.61. The number of aromatic nitrogens is 1. The van der Waals surface area contributed by atoms with Gasteiger partial charge in [0.1, 0.15) is 0 Å². The number of halogens is 1. The predicted molar refractivity (Wildman–Crippen MR) is 106 cm³/mol. The summed E-state index contributed by atoms with van der Waals surface area (Å²) in [6.45, 7) is 2.10. The van der Waals surface area contributed by atoms with E-state index in [9.17, 15) is 0 Å². The largest absolute Gasteiger partial charge is 1.00 e. The van der Waals surface area contributed by atoms with Crippen LogP contribution in [0.25, 0.3) is 27.1 Å². The van der Waals surface area contributed by atoms with Gasteiger partial charge in [-0.05, 0) is 35.0 Å². The number of ether oxygens (including phenoxy) is 4.